The Morgan fingerprint density at radius 1 is 1.33 bits per heavy atom. The van der Waals surface area contributed by atoms with Gasteiger partial charge in [0.15, 0.2) is 0 Å². The van der Waals surface area contributed by atoms with Crippen LogP contribution in [0.25, 0.3) is 0 Å². The third-order valence-corrected chi connectivity index (χ3v) is 5.23. The highest BCUT2D eigenvalue weighted by atomic mass is 16.2. The number of hydrogen-bond donors (Lipinski definition) is 0. The van der Waals surface area contributed by atoms with Gasteiger partial charge in [-0.25, -0.2) is 0 Å². The standard InChI is InChI=1S/C17H27N5O2/c1-19(2)9-10-21-8-6-17(16(21)24)5-4-7-22(13-17)15(23)14-11-18-20(3)12-14/h11-12H,4-10,13H2,1-3H3. The summed E-state index contributed by atoms with van der Waals surface area (Å²) in [5.41, 5.74) is 0.229. The van der Waals surface area contributed by atoms with Crippen molar-refractivity contribution in [1.82, 2.24) is 24.5 Å². The van der Waals surface area contributed by atoms with Gasteiger partial charge in [0.2, 0.25) is 5.91 Å². The number of aromatic nitrogens is 2. The molecule has 3 rings (SSSR count). The van der Waals surface area contributed by atoms with Crippen LogP contribution < -0.4 is 0 Å². The van der Waals surface area contributed by atoms with Crippen LogP contribution in [0.3, 0.4) is 0 Å². The molecule has 1 spiro atoms. The number of aryl methyl sites for hydroxylation is 1. The van der Waals surface area contributed by atoms with Crippen molar-refractivity contribution in [2.45, 2.75) is 19.3 Å². The average molecular weight is 333 g/mol. The molecule has 0 saturated carbocycles. The van der Waals surface area contributed by atoms with Crippen LogP contribution in [0.5, 0.6) is 0 Å². The van der Waals surface area contributed by atoms with Crippen LogP contribution in [0.1, 0.15) is 29.6 Å². The lowest BCUT2D eigenvalue weighted by atomic mass is 9.78. The van der Waals surface area contributed by atoms with Gasteiger partial charge in [0, 0.05) is 46.0 Å². The van der Waals surface area contributed by atoms with Gasteiger partial charge in [-0.1, -0.05) is 0 Å². The molecule has 1 aromatic rings. The van der Waals surface area contributed by atoms with E-state index in [-0.39, 0.29) is 17.2 Å². The number of rotatable bonds is 4. The SMILES string of the molecule is CN(C)CCN1CCC2(CCCN(C(=O)c3cnn(C)c3)C2)C1=O. The number of likely N-dealkylation sites (tertiary alicyclic amines) is 2. The van der Waals surface area contributed by atoms with Crippen molar-refractivity contribution in [3.05, 3.63) is 18.0 Å². The zero-order valence-corrected chi connectivity index (χ0v) is 14.9. The Bertz CT molecular complexity index is 626. The second-order valence-electron chi connectivity index (χ2n) is 7.36. The number of amides is 2. The summed E-state index contributed by atoms with van der Waals surface area (Å²) in [5, 5.41) is 4.08. The topological polar surface area (TPSA) is 61.7 Å². The molecule has 24 heavy (non-hydrogen) atoms. The molecule has 7 nitrogen and oxygen atoms in total. The van der Waals surface area contributed by atoms with E-state index in [4.69, 9.17) is 0 Å². The lowest BCUT2D eigenvalue weighted by Gasteiger charge is -2.39. The number of piperidine rings is 1. The third-order valence-electron chi connectivity index (χ3n) is 5.23. The Kier molecular flexibility index (Phi) is 4.62. The Labute approximate surface area is 143 Å². The molecule has 0 radical (unpaired) electrons. The molecular weight excluding hydrogens is 306 g/mol. The molecule has 132 valence electrons. The molecule has 0 aromatic carbocycles. The summed E-state index contributed by atoms with van der Waals surface area (Å²) in [7, 11) is 5.84. The fourth-order valence-corrected chi connectivity index (χ4v) is 3.82. The molecule has 7 heteroatoms. The zero-order valence-electron chi connectivity index (χ0n) is 14.9. The molecule has 2 aliphatic heterocycles. The van der Waals surface area contributed by atoms with E-state index in [1.54, 1.807) is 24.1 Å². The summed E-state index contributed by atoms with van der Waals surface area (Å²) in [6.07, 6.45) is 5.98. The fourth-order valence-electron chi connectivity index (χ4n) is 3.82. The third kappa shape index (κ3) is 3.17. The van der Waals surface area contributed by atoms with Crippen LogP contribution >= 0.6 is 0 Å². The van der Waals surface area contributed by atoms with Gasteiger partial charge >= 0.3 is 0 Å². The van der Waals surface area contributed by atoms with Crippen LogP contribution in [0, 0.1) is 5.41 Å². The predicted molar refractivity (Wildman–Crippen MR) is 90.5 cm³/mol. The first kappa shape index (κ1) is 17.0. The molecule has 3 heterocycles. The summed E-state index contributed by atoms with van der Waals surface area (Å²) in [4.78, 5) is 31.6. The molecule has 2 amide bonds. The van der Waals surface area contributed by atoms with Crippen molar-refractivity contribution >= 4 is 11.8 Å². The first-order valence-electron chi connectivity index (χ1n) is 8.63. The van der Waals surface area contributed by atoms with Crippen LogP contribution in [-0.2, 0) is 11.8 Å². The second-order valence-corrected chi connectivity index (χ2v) is 7.36. The summed E-state index contributed by atoms with van der Waals surface area (Å²) in [5.74, 6) is 0.217. The van der Waals surface area contributed by atoms with E-state index in [0.717, 1.165) is 45.4 Å². The molecule has 2 aliphatic rings. The number of hydrogen-bond acceptors (Lipinski definition) is 4. The lowest BCUT2D eigenvalue weighted by molar-refractivity contribution is -0.138. The van der Waals surface area contributed by atoms with E-state index in [1.807, 2.05) is 23.9 Å². The van der Waals surface area contributed by atoms with Crippen molar-refractivity contribution in [3.63, 3.8) is 0 Å². The van der Waals surface area contributed by atoms with Crippen molar-refractivity contribution in [2.24, 2.45) is 12.5 Å². The Morgan fingerprint density at radius 2 is 2.12 bits per heavy atom. The highest BCUT2D eigenvalue weighted by Gasteiger charge is 2.49. The van der Waals surface area contributed by atoms with E-state index in [9.17, 15) is 9.59 Å². The van der Waals surface area contributed by atoms with Crippen molar-refractivity contribution in [1.29, 1.82) is 0 Å². The smallest absolute Gasteiger partial charge is 0.257 e. The number of likely N-dealkylation sites (N-methyl/N-ethyl adjacent to an activating group) is 1. The summed E-state index contributed by atoms with van der Waals surface area (Å²) in [6.45, 7) is 3.71. The minimum absolute atomic E-state index is 0.0123. The van der Waals surface area contributed by atoms with E-state index >= 15 is 0 Å². The first-order chi connectivity index (χ1) is 11.4. The maximum Gasteiger partial charge on any atom is 0.257 e. The molecule has 1 unspecified atom stereocenters. The van der Waals surface area contributed by atoms with Crippen molar-refractivity contribution < 1.29 is 9.59 Å². The van der Waals surface area contributed by atoms with Gasteiger partial charge in [-0.3, -0.25) is 14.3 Å². The summed E-state index contributed by atoms with van der Waals surface area (Å²) < 4.78 is 1.64. The van der Waals surface area contributed by atoms with Gasteiger partial charge in [0.25, 0.3) is 5.91 Å². The molecule has 1 atom stereocenters. The number of carbonyl (C=O) groups excluding carboxylic acids is 2. The van der Waals surface area contributed by atoms with E-state index in [0.29, 0.717) is 12.1 Å². The van der Waals surface area contributed by atoms with Crippen molar-refractivity contribution in [2.75, 3.05) is 46.8 Å². The second kappa shape index (κ2) is 6.55. The molecule has 2 saturated heterocycles. The molecule has 1 aromatic heterocycles. The molecule has 0 aliphatic carbocycles. The Balaban J connectivity index is 1.69. The van der Waals surface area contributed by atoms with Crippen LogP contribution in [0.2, 0.25) is 0 Å². The summed E-state index contributed by atoms with van der Waals surface area (Å²) in [6, 6.07) is 0. The van der Waals surface area contributed by atoms with E-state index < -0.39 is 0 Å². The molecule has 2 fully saturated rings. The monoisotopic (exact) mass is 333 g/mol. The van der Waals surface area contributed by atoms with Gasteiger partial charge in [-0.2, -0.15) is 5.10 Å². The lowest BCUT2D eigenvalue weighted by Crippen LogP contribution is -2.50. The predicted octanol–water partition coefficient (Wildman–Crippen LogP) is 0.436. The van der Waals surface area contributed by atoms with Gasteiger partial charge in [0.05, 0.1) is 17.2 Å². The van der Waals surface area contributed by atoms with Gasteiger partial charge in [-0.15, -0.1) is 0 Å². The zero-order chi connectivity index (χ0) is 17.3. The van der Waals surface area contributed by atoms with Crippen LogP contribution in [0.15, 0.2) is 12.4 Å². The maximum atomic E-state index is 13.0. The minimum atomic E-state index is -0.373. The fraction of sp³-hybridized carbons (Fsp3) is 0.706. The maximum absolute atomic E-state index is 13.0. The molecular formula is C17H27N5O2. The number of nitrogens with zero attached hydrogens (tertiary/aromatic N) is 5. The minimum Gasteiger partial charge on any atom is -0.341 e. The van der Waals surface area contributed by atoms with E-state index in [2.05, 4.69) is 10.00 Å². The van der Waals surface area contributed by atoms with Gasteiger partial charge < -0.3 is 14.7 Å². The van der Waals surface area contributed by atoms with Crippen LogP contribution in [0.4, 0.5) is 0 Å². The van der Waals surface area contributed by atoms with Gasteiger partial charge in [0.1, 0.15) is 0 Å². The van der Waals surface area contributed by atoms with Crippen LogP contribution in [-0.4, -0.2) is 83.1 Å². The molecule has 0 N–H and O–H groups in total. The van der Waals surface area contributed by atoms with Crippen molar-refractivity contribution in [3.8, 4) is 0 Å². The first-order valence-corrected chi connectivity index (χ1v) is 8.63. The van der Waals surface area contributed by atoms with Gasteiger partial charge in [-0.05, 0) is 33.4 Å². The Morgan fingerprint density at radius 3 is 2.79 bits per heavy atom. The number of carbonyl (C=O) groups is 2. The normalized spacial score (nSPS) is 24.4. The highest BCUT2D eigenvalue weighted by Crippen LogP contribution is 2.40. The summed E-state index contributed by atoms with van der Waals surface area (Å²) >= 11 is 0. The quantitative estimate of drug-likeness (QED) is 0.802. The largest absolute Gasteiger partial charge is 0.341 e. The average Bonchev–Trinajstić information content (AvgIpc) is 3.11. The highest BCUT2D eigenvalue weighted by molar-refractivity contribution is 5.94. The van der Waals surface area contributed by atoms with E-state index in [1.165, 1.54) is 0 Å². The molecule has 0 bridgehead atoms. The Hall–Kier alpha value is -1.89.